The van der Waals surface area contributed by atoms with Crippen molar-refractivity contribution < 1.29 is 9.53 Å². The first-order valence-electron chi connectivity index (χ1n) is 8.93. The van der Waals surface area contributed by atoms with Gasteiger partial charge in [-0.2, -0.15) is 0 Å². The molecule has 0 amide bonds. The number of pyridine rings is 1. The van der Waals surface area contributed by atoms with Crippen LogP contribution >= 0.6 is 11.6 Å². The molecule has 0 aliphatic carbocycles. The van der Waals surface area contributed by atoms with E-state index in [-0.39, 0.29) is 18.5 Å². The van der Waals surface area contributed by atoms with Crippen molar-refractivity contribution in [3.05, 3.63) is 59.5 Å². The van der Waals surface area contributed by atoms with Gasteiger partial charge in [-0.3, -0.25) is 4.79 Å². The molecule has 1 aliphatic rings. The third-order valence-corrected chi connectivity index (χ3v) is 5.11. The predicted molar refractivity (Wildman–Crippen MR) is 104 cm³/mol. The molecule has 4 rings (SSSR count). The van der Waals surface area contributed by atoms with Gasteiger partial charge >= 0.3 is 5.97 Å². The molecule has 2 aromatic heterocycles. The second-order valence-corrected chi connectivity index (χ2v) is 6.91. The Balaban J connectivity index is 1.34. The quantitative estimate of drug-likeness (QED) is 0.507. The standard InChI is InChI=1S/C20H19ClN4O2/c21-18-16(12-15-4-1-2-5-17(15)24-18)13-27-19(26)14-6-10-25(11-7-14)20-22-8-3-9-23-20/h1-5,8-9,12,14H,6-7,10-11,13H2. The summed E-state index contributed by atoms with van der Waals surface area (Å²) in [4.78, 5) is 27.4. The van der Waals surface area contributed by atoms with Crippen molar-refractivity contribution in [1.82, 2.24) is 15.0 Å². The van der Waals surface area contributed by atoms with E-state index < -0.39 is 0 Å². The van der Waals surface area contributed by atoms with Gasteiger partial charge < -0.3 is 9.64 Å². The molecule has 0 atom stereocenters. The van der Waals surface area contributed by atoms with Crippen LogP contribution in [0.3, 0.4) is 0 Å². The maximum Gasteiger partial charge on any atom is 0.309 e. The average Bonchev–Trinajstić information content (AvgIpc) is 2.73. The Bertz CT molecular complexity index is 943. The number of rotatable bonds is 4. The zero-order valence-electron chi connectivity index (χ0n) is 14.7. The molecule has 1 saturated heterocycles. The van der Waals surface area contributed by atoms with Crippen molar-refractivity contribution in [2.24, 2.45) is 5.92 Å². The van der Waals surface area contributed by atoms with Gasteiger partial charge in [-0.1, -0.05) is 29.8 Å². The maximum absolute atomic E-state index is 12.5. The summed E-state index contributed by atoms with van der Waals surface area (Å²) in [6.07, 6.45) is 4.90. The lowest BCUT2D eigenvalue weighted by molar-refractivity contribution is -0.150. The van der Waals surface area contributed by atoms with E-state index in [0.717, 1.165) is 42.4 Å². The fourth-order valence-electron chi connectivity index (χ4n) is 3.27. The molecule has 0 saturated carbocycles. The molecule has 1 aromatic carbocycles. The molecule has 1 fully saturated rings. The average molecular weight is 383 g/mol. The fraction of sp³-hybridized carbons (Fsp3) is 0.300. The number of hydrogen-bond donors (Lipinski definition) is 0. The molecule has 6 nitrogen and oxygen atoms in total. The smallest absolute Gasteiger partial charge is 0.309 e. The Labute approximate surface area is 162 Å². The lowest BCUT2D eigenvalue weighted by Crippen LogP contribution is -2.37. The van der Waals surface area contributed by atoms with Crippen molar-refractivity contribution in [3.8, 4) is 0 Å². The van der Waals surface area contributed by atoms with Gasteiger partial charge in [-0.25, -0.2) is 15.0 Å². The van der Waals surface area contributed by atoms with Crippen molar-refractivity contribution in [2.45, 2.75) is 19.4 Å². The summed E-state index contributed by atoms with van der Waals surface area (Å²) < 4.78 is 5.53. The first-order chi connectivity index (χ1) is 13.2. The summed E-state index contributed by atoms with van der Waals surface area (Å²) >= 11 is 6.24. The molecule has 27 heavy (non-hydrogen) atoms. The van der Waals surface area contributed by atoms with Crippen LogP contribution in [-0.4, -0.2) is 34.0 Å². The van der Waals surface area contributed by atoms with Crippen LogP contribution in [0.25, 0.3) is 10.9 Å². The Hall–Kier alpha value is -2.73. The van der Waals surface area contributed by atoms with Gasteiger partial charge in [0.1, 0.15) is 11.8 Å². The van der Waals surface area contributed by atoms with Gasteiger partial charge in [0.2, 0.25) is 5.95 Å². The van der Waals surface area contributed by atoms with Crippen LogP contribution in [0.5, 0.6) is 0 Å². The molecular formula is C20H19ClN4O2. The highest BCUT2D eigenvalue weighted by Crippen LogP contribution is 2.24. The number of piperidine rings is 1. The second kappa shape index (κ2) is 7.88. The number of benzene rings is 1. The number of nitrogens with zero attached hydrogens (tertiary/aromatic N) is 4. The lowest BCUT2D eigenvalue weighted by Gasteiger charge is -2.30. The predicted octanol–water partition coefficient (Wildman–Crippen LogP) is 3.64. The SMILES string of the molecule is O=C(OCc1cc2ccccc2nc1Cl)C1CCN(c2ncccn2)CC1. The molecule has 0 N–H and O–H groups in total. The third-order valence-electron chi connectivity index (χ3n) is 4.78. The van der Waals surface area contributed by atoms with Gasteiger partial charge in [0.25, 0.3) is 0 Å². The van der Waals surface area contributed by atoms with Gasteiger partial charge in [0, 0.05) is 36.4 Å². The van der Waals surface area contributed by atoms with Gasteiger partial charge in [0.05, 0.1) is 11.4 Å². The number of esters is 1. The van der Waals surface area contributed by atoms with Gasteiger partial charge in [-0.15, -0.1) is 0 Å². The minimum Gasteiger partial charge on any atom is -0.460 e. The maximum atomic E-state index is 12.5. The summed E-state index contributed by atoms with van der Waals surface area (Å²) in [6, 6.07) is 11.4. The number of carbonyl (C=O) groups excluding carboxylic acids is 1. The Morgan fingerprint density at radius 3 is 2.67 bits per heavy atom. The molecule has 138 valence electrons. The highest BCUT2D eigenvalue weighted by Gasteiger charge is 2.27. The summed E-state index contributed by atoms with van der Waals surface area (Å²) in [5.74, 6) is 0.406. The number of halogens is 1. The molecule has 3 heterocycles. The number of ether oxygens (including phenoxy) is 1. The van der Waals surface area contributed by atoms with E-state index in [1.807, 2.05) is 30.3 Å². The molecule has 0 unspecified atom stereocenters. The van der Waals surface area contributed by atoms with Crippen LogP contribution in [-0.2, 0) is 16.1 Å². The van der Waals surface area contributed by atoms with Crippen molar-refractivity contribution in [3.63, 3.8) is 0 Å². The van der Waals surface area contributed by atoms with E-state index in [1.165, 1.54) is 0 Å². The second-order valence-electron chi connectivity index (χ2n) is 6.55. The van der Waals surface area contributed by atoms with Crippen LogP contribution in [0.2, 0.25) is 5.15 Å². The Kier molecular flexibility index (Phi) is 5.16. The van der Waals surface area contributed by atoms with Crippen LogP contribution in [0, 0.1) is 5.92 Å². The van der Waals surface area contributed by atoms with E-state index in [9.17, 15) is 4.79 Å². The zero-order valence-corrected chi connectivity index (χ0v) is 15.5. The lowest BCUT2D eigenvalue weighted by atomic mass is 9.97. The number of anilines is 1. The van der Waals surface area contributed by atoms with E-state index in [4.69, 9.17) is 16.3 Å². The summed E-state index contributed by atoms with van der Waals surface area (Å²) in [6.45, 7) is 1.61. The van der Waals surface area contributed by atoms with Gasteiger partial charge in [-0.05, 0) is 31.0 Å². The summed E-state index contributed by atoms with van der Waals surface area (Å²) in [7, 11) is 0. The first kappa shape index (κ1) is 17.7. The molecule has 1 aliphatic heterocycles. The minimum absolute atomic E-state index is 0.114. The number of hydrogen-bond acceptors (Lipinski definition) is 6. The molecule has 0 spiro atoms. The first-order valence-corrected chi connectivity index (χ1v) is 9.31. The van der Waals surface area contributed by atoms with Crippen molar-refractivity contribution in [2.75, 3.05) is 18.0 Å². The van der Waals surface area contributed by atoms with E-state index in [2.05, 4.69) is 19.9 Å². The normalized spacial score (nSPS) is 15.1. The summed E-state index contributed by atoms with van der Waals surface area (Å²) in [5.41, 5.74) is 1.55. The molecule has 7 heteroatoms. The Morgan fingerprint density at radius 1 is 1.15 bits per heavy atom. The van der Waals surface area contributed by atoms with Crippen LogP contribution < -0.4 is 4.90 Å². The van der Waals surface area contributed by atoms with E-state index >= 15 is 0 Å². The Morgan fingerprint density at radius 2 is 1.89 bits per heavy atom. The monoisotopic (exact) mass is 382 g/mol. The van der Waals surface area contributed by atoms with Crippen LogP contribution in [0.1, 0.15) is 18.4 Å². The van der Waals surface area contributed by atoms with Crippen molar-refractivity contribution in [1.29, 1.82) is 0 Å². The van der Waals surface area contributed by atoms with E-state index in [1.54, 1.807) is 18.5 Å². The zero-order chi connectivity index (χ0) is 18.6. The molecule has 3 aromatic rings. The summed E-state index contributed by atoms with van der Waals surface area (Å²) in [5, 5.41) is 1.35. The molecule has 0 bridgehead atoms. The molecular weight excluding hydrogens is 364 g/mol. The molecule has 0 radical (unpaired) electrons. The number of fused-ring (bicyclic) bond motifs is 1. The fourth-order valence-corrected chi connectivity index (χ4v) is 3.47. The van der Waals surface area contributed by atoms with Crippen molar-refractivity contribution >= 4 is 34.4 Å². The van der Waals surface area contributed by atoms with E-state index in [0.29, 0.717) is 11.1 Å². The van der Waals surface area contributed by atoms with Crippen LogP contribution in [0.15, 0.2) is 48.8 Å². The minimum atomic E-state index is -0.187. The topological polar surface area (TPSA) is 68.2 Å². The number of aromatic nitrogens is 3. The van der Waals surface area contributed by atoms with Crippen LogP contribution in [0.4, 0.5) is 5.95 Å². The highest BCUT2D eigenvalue weighted by atomic mass is 35.5. The highest BCUT2D eigenvalue weighted by molar-refractivity contribution is 6.30. The van der Waals surface area contributed by atoms with Gasteiger partial charge in [0.15, 0.2) is 0 Å². The number of carbonyl (C=O) groups is 1. The third kappa shape index (κ3) is 4.01. The number of para-hydroxylation sites is 1. The largest absolute Gasteiger partial charge is 0.460 e.